The molecule has 0 unspecified atom stereocenters. The Labute approximate surface area is 156 Å². The third-order valence-corrected chi connectivity index (χ3v) is 4.64. The molecule has 1 fully saturated rings. The molecule has 0 aromatic heterocycles. The topological polar surface area (TPSA) is 88.2 Å². The lowest BCUT2D eigenvalue weighted by atomic mass is 10.2. The van der Waals surface area contributed by atoms with E-state index in [1.165, 1.54) is 28.7 Å². The van der Waals surface area contributed by atoms with Crippen LogP contribution < -0.4 is 14.8 Å². The third kappa shape index (κ3) is 5.55. The number of amides is 3. The van der Waals surface area contributed by atoms with Crippen molar-refractivity contribution in [2.75, 3.05) is 46.7 Å². The smallest absolute Gasteiger partial charge is 0.282 e. The van der Waals surface area contributed by atoms with Gasteiger partial charge in [-0.25, -0.2) is 0 Å². The molecule has 1 aromatic carbocycles. The highest BCUT2D eigenvalue weighted by molar-refractivity contribution is 8.13. The van der Waals surface area contributed by atoms with Gasteiger partial charge in [-0.15, -0.1) is 0 Å². The zero-order valence-corrected chi connectivity index (χ0v) is 15.9. The first-order valence-corrected chi connectivity index (χ1v) is 9.07. The molecule has 0 atom stereocenters. The molecule has 1 aliphatic heterocycles. The molecule has 1 aliphatic rings. The summed E-state index contributed by atoms with van der Waals surface area (Å²) < 4.78 is 10.8. The van der Waals surface area contributed by atoms with Gasteiger partial charge in [0.1, 0.15) is 6.54 Å². The highest BCUT2D eigenvalue weighted by Crippen LogP contribution is 2.28. The molecule has 8 nitrogen and oxygen atoms in total. The Morgan fingerprint density at radius 2 is 2.08 bits per heavy atom. The first-order chi connectivity index (χ1) is 12.4. The van der Waals surface area contributed by atoms with Gasteiger partial charge in [-0.2, -0.15) is 0 Å². The summed E-state index contributed by atoms with van der Waals surface area (Å²) in [6, 6.07) is 5.23. The van der Waals surface area contributed by atoms with E-state index in [0.29, 0.717) is 24.6 Å². The fraction of sp³-hybridized carbons (Fsp3) is 0.471. The maximum atomic E-state index is 12.0. The number of methoxy groups -OCH3 is 1. The molecular weight excluding hydrogens is 358 g/mol. The van der Waals surface area contributed by atoms with E-state index in [1.807, 2.05) is 0 Å². The zero-order valence-electron chi connectivity index (χ0n) is 15.1. The molecule has 9 heteroatoms. The number of carbonyl (C=O) groups excluding carboxylic acids is 3. The van der Waals surface area contributed by atoms with Crippen molar-refractivity contribution in [1.29, 1.82) is 0 Å². The number of carbonyl (C=O) groups is 3. The second kappa shape index (κ2) is 9.33. The molecule has 1 saturated heterocycles. The van der Waals surface area contributed by atoms with E-state index in [1.54, 1.807) is 32.3 Å². The van der Waals surface area contributed by atoms with Crippen molar-refractivity contribution in [3.63, 3.8) is 0 Å². The second-order valence-corrected chi connectivity index (χ2v) is 6.92. The molecule has 2 rings (SSSR count). The first-order valence-electron chi connectivity index (χ1n) is 8.09. The van der Waals surface area contributed by atoms with Crippen molar-refractivity contribution in [1.82, 2.24) is 15.1 Å². The number of nitrogens with one attached hydrogen (secondary N) is 1. The summed E-state index contributed by atoms with van der Waals surface area (Å²) in [5, 5.41) is 2.72. The van der Waals surface area contributed by atoms with Gasteiger partial charge >= 0.3 is 0 Å². The van der Waals surface area contributed by atoms with E-state index in [0.717, 1.165) is 11.3 Å². The highest BCUT2D eigenvalue weighted by Gasteiger charge is 2.23. The van der Waals surface area contributed by atoms with Gasteiger partial charge in [-0.3, -0.25) is 14.4 Å². The molecule has 3 amide bonds. The van der Waals surface area contributed by atoms with Crippen molar-refractivity contribution >= 4 is 28.8 Å². The minimum Gasteiger partial charge on any atom is -0.493 e. The van der Waals surface area contributed by atoms with Gasteiger partial charge in [0.2, 0.25) is 5.91 Å². The van der Waals surface area contributed by atoms with Gasteiger partial charge in [0.05, 0.1) is 7.11 Å². The predicted octanol–water partition coefficient (Wildman–Crippen LogP) is 0.947. The third-order valence-electron chi connectivity index (χ3n) is 3.75. The lowest BCUT2D eigenvalue weighted by molar-refractivity contribution is -0.130. The Hall–Kier alpha value is -2.42. The number of thioether (sulfide) groups is 1. The Kier molecular flexibility index (Phi) is 7.14. The van der Waals surface area contributed by atoms with Crippen LogP contribution in [0.15, 0.2) is 18.2 Å². The van der Waals surface area contributed by atoms with Crippen LogP contribution in [0.5, 0.6) is 11.5 Å². The van der Waals surface area contributed by atoms with Crippen molar-refractivity contribution in [3.05, 3.63) is 23.8 Å². The van der Waals surface area contributed by atoms with E-state index in [2.05, 4.69) is 5.32 Å². The molecule has 26 heavy (non-hydrogen) atoms. The molecule has 0 spiro atoms. The summed E-state index contributed by atoms with van der Waals surface area (Å²) in [7, 11) is 4.82. The van der Waals surface area contributed by atoms with Crippen molar-refractivity contribution < 1.29 is 23.9 Å². The largest absolute Gasteiger partial charge is 0.493 e. The van der Waals surface area contributed by atoms with Gasteiger partial charge < -0.3 is 24.6 Å². The SMILES string of the molecule is COc1cc(CNC(=O)CN2CCSC2=O)ccc1OCC(=O)N(C)C. The molecule has 0 aliphatic carbocycles. The summed E-state index contributed by atoms with van der Waals surface area (Å²) in [6.45, 7) is 0.891. The number of rotatable bonds is 8. The number of nitrogens with zero attached hydrogens (tertiary/aromatic N) is 2. The average molecular weight is 381 g/mol. The summed E-state index contributed by atoms with van der Waals surface area (Å²) in [5.74, 6) is 1.29. The Morgan fingerprint density at radius 1 is 1.31 bits per heavy atom. The molecule has 142 valence electrons. The monoisotopic (exact) mass is 381 g/mol. The number of likely N-dealkylation sites (N-methyl/N-ethyl adjacent to an activating group) is 1. The Morgan fingerprint density at radius 3 is 2.69 bits per heavy atom. The molecule has 0 radical (unpaired) electrons. The number of hydrogen-bond donors (Lipinski definition) is 1. The Balaban J connectivity index is 1.88. The molecule has 1 N–H and O–H groups in total. The normalized spacial score (nSPS) is 13.5. The molecule has 1 heterocycles. The van der Waals surface area contributed by atoms with E-state index in [4.69, 9.17) is 9.47 Å². The van der Waals surface area contributed by atoms with Crippen LogP contribution in [-0.4, -0.2) is 73.5 Å². The maximum Gasteiger partial charge on any atom is 0.282 e. The van der Waals surface area contributed by atoms with E-state index in [9.17, 15) is 14.4 Å². The lowest BCUT2D eigenvalue weighted by Gasteiger charge is -2.15. The zero-order chi connectivity index (χ0) is 19.1. The highest BCUT2D eigenvalue weighted by atomic mass is 32.2. The van der Waals surface area contributed by atoms with Gasteiger partial charge in [0.15, 0.2) is 18.1 Å². The minimum atomic E-state index is -0.211. The van der Waals surface area contributed by atoms with Crippen LogP contribution in [0, 0.1) is 0 Å². The fourth-order valence-corrected chi connectivity index (χ4v) is 3.03. The van der Waals surface area contributed by atoms with Gasteiger partial charge in [0, 0.05) is 32.9 Å². The average Bonchev–Trinajstić information content (AvgIpc) is 3.02. The molecular formula is C17H23N3O5S. The number of benzene rings is 1. The summed E-state index contributed by atoms with van der Waals surface area (Å²) in [4.78, 5) is 38.1. The van der Waals surface area contributed by atoms with Gasteiger partial charge in [-0.1, -0.05) is 17.8 Å². The fourth-order valence-electron chi connectivity index (χ4n) is 2.21. The standard InChI is InChI=1S/C17H23N3O5S/c1-19(2)16(22)11-25-13-5-4-12(8-14(13)24-3)9-18-15(21)10-20-6-7-26-17(20)23/h4-5,8H,6-7,9-11H2,1-3H3,(H,18,21). The van der Waals surface area contributed by atoms with Crippen LogP contribution in [0.25, 0.3) is 0 Å². The van der Waals surface area contributed by atoms with Crippen molar-refractivity contribution in [2.24, 2.45) is 0 Å². The lowest BCUT2D eigenvalue weighted by Crippen LogP contribution is -2.36. The molecule has 0 saturated carbocycles. The Bertz CT molecular complexity index is 680. The van der Waals surface area contributed by atoms with Crippen LogP contribution in [0.3, 0.4) is 0 Å². The molecule has 1 aromatic rings. The van der Waals surface area contributed by atoms with Crippen molar-refractivity contribution in [3.8, 4) is 11.5 Å². The van der Waals surface area contributed by atoms with Gasteiger partial charge in [-0.05, 0) is 17.7 Å². The summed E-state index contributed by atoms with van der Waals surface area (Å²) in [5.41, 5.74) is 0.823. The van der Waals surface area contributed by atoms with Crippen LogP contribution >= 0.6 is 11.8 Å². The molecule has 0 bridgehead atoms. The second-order valence-electron chi connectivity index (χ2n) is 5.87. The quantitative estimate of drug-likeness (QED) is 0.721. The summed E-state index contributed by atoms with van der Waals surface area (Å²) >= 11 is 1.23. The van der Waals surface area contributed by atoms with E-state index in [-0.39, 0.29) is 30.2 Å². The summed E-state index contributed by atoms with van der Waals surface area (Å²) in [6.07, 6.45) is 0. The number of ether oxygens (including phenoxy) is 2. The van der Waals surface area contributed by atoms with Crippen LogP contribution in [0.1, 0.15) is 5.56 Å². The predicted molar refractivity (Wildman–Crippen MR) is 98.5 cm³/mol. The van der Waals surface area contributed by atoms with E-state index < -0.39 is 0 Å². The van der Waals surface area contributed by atoms with Crippen LogP contribution in [0.4, 0.5) is 4.79 Å². The van der Waals surface area contributed by atoms with Crippen LogP contribution in [0.2, 0.25) is 0 Å². The number of hydrogen-bond acceptors (Lipinski definition) is 6. The first kappa shape index (κ1) is 19.9. The van der Waals surface area contributed by atoms with Gasteiger partial charge in [0.25, 0.3) is 11.1 Å². The van der Waals surface area contributed by atoms with Crippen LogP contribution in [-0.2, 0) is 16.1 Å². The minimum absolute atomic E-state index is 0.0596. The van der Waals surface area contributed by atoms with Crippen molar-refractivity contribution in [2.45, 2.75) is 6.54 Å². The maximum absolute atomic E-state index is 12.0. The van der Waals surface area contributed by atoms with E-state index >= 15 is 0 Å².